The van der Waals surface area contributed by atoms with Crippen LogP contribution in [0.5, 0.6) is 0 Å². The van der Waals surface area contributed by atoms with Gasteiger partial charge in [0.25, 0.3) is 0 Å². The van der Waals surface area contributed by atoms with Gasteiger partial charge in [0.2, 0.25) is 0 Å². The van der Waals surface area contributed by atoms with Gasteiger partial charge in [-0.25, -0.2) is 4.79 Å². The van der Waals surface area contributed by atoms with Crippen molar-refractivity contribution in [1.82, 2.24) is 0 Å². The van der Waals surface area contributed by atoms with Gasteiger partial charge in [0.15, 0.2) is 0 Å². The molecule has 1 N–H and O–H groups in total. The molecule has 0 amide bonds. The van der Waals surface area contributed by atoms with E-state index in [1.165, 1.54) is 0 Å². The Hall–Kier alpha value is -1.74. The fourth-order valence-electron chi connectivity index (χ4n) is 1.60. The summed E-state index contributed by atoms with van der Waals surface area (Å²) >= 11 is 5.83. The third-order valence-corrected chi connectivity index (χ3v) is 2.96. The number of rotatable bonds is 3. The fraction of sp³-hybridized carbons (Fsp3) is 0.214. The summed E-state index contributed by atoms with van der Waals surface area (Å²) in [5, 5.41) is 3.88. The zero-order valence-corrected chi connectivity index (χ0v) is 11.0. The van der Waals surface area contributed by atoms with Crippen LogP contribution in [0.15, 0.2) is 39.5 Å². The van der Waals surface area contributed by atoms with Crippen molar-refractivity contribution >= 4 is 23.0 Å². The quantitative estimate of drug-likeness (QED) is 0.913. The molecular weight excluding hydrogens is 250 g/mol. The molecule has 18 heavy (non-hydrogen) atoms. The summed E-state index contributed by atoms with van der Waals surface area (Å²) in [7, 11) is 0. The molecule has 2 aromatic rings. The third kappa shape index (κ3) is 2.74. The summed E-state index contributed by atoms with van der Waals surface area (Å²) in [5.74, 6) is 0.669. The molecule has 1 aromatic carbocycles. The third-order valence-electron chi connectivity index (χ3n) is 2.71. The Bertz CT molecular complexity index is 602. The van der Waals surface area contributed by atoms with Crippen molar-refractivity contribution in [2.75, 3.05) is 5.32 Å². The van der Waals surface area contributed by atoms with Crippen molar-refractivity contribution in [3.05, 3.63) is 57.1 Å². The Kier molecular flexibility index (Phi) is 3.72. The number of halogens is 1. The first kappa shape index (κ1) is 12.7. The minimum absolute atomic E-state index is 0.300. The second-order valence-corrected chi connectivity index (χ2v) is 4.46. The highest BCUT2D eigenvalue weighted by Gasteiger charge is 2.07. The molecule has 0 bridgehead atoms. The zero-order valence-electron chi connectivity index (χ0n) is 10.3. The van der Waals surface area contributed by atoms with E-state index in [0.29, 0.717) is 22.8 Å². The maximum Gasteiger partial charge on any atom is 0.340 e. The van der Waals surface area contributed by atoms with E-state index in [-0.39, 0.29) is 5.63 Å². The second kappa shape index (κ2) is 5.27. The first-order valence-electron chi connectivity index (χ1n) is 5.76. The largest absolute Gasteiger partial charge is 0.428 e. The van der Waals surface area contributed by atoms with E-state index in [1.807, 2.05) is 25.1 Å². The predicted molar refractivity (Wildman–Crippen MR) is 73.8 cm³/mol. The van der Waals surface area contributed by atoms with Crippen molar-refractivity contribution < 1.29 is 4.42 Å². The Morgan fingerprint density at radius 2 is 1.94 bits per heavy atom. The SMILES string of the molecule is CCc1cc(Nc2ccc(Cl)cc2)c(C)c(=O)o1. The highest BCUT2D eigenvalue weighted by atomic mass is 35.5. The highest BCUT2D eigenvalue weighted by molar-refractivity contribution is 6.30. The van der Waals surface area contributed by atoms with Crippen molar-refractivity contribution in [3.8, 4) is 0 Å². The van der Waals surface area contributed by atoms with Crippen LogP contribution < -0.4 is 10.9 Å². The molecule has 0 aliphatic heterocycles. The molecule has 0 unspecified atom stereocenters. The minimum Gasteiger partial charge on any atom is -0.428 e. The van der Waals surface area contributed by atoms with E-state index < -0.39 is 0 Å². The van der Waals surface area contributed by atoms with Crippen molar-refractivity contribution in [3.63, 3.8) is 0 Å². The molecule has 0 spiro atoms. The zero-order chi connectivity index (χ0) is 13.1. The standard InChI is InChI=1S/C14H14ClNO2/c1-3-12-8-13(9(2)14(17)18-12)16-11-6-4-10(15)5-7-11/h4-8,16H,3H2,1-2H3. The normalized spacial score (nSPS) is 10.4. The summed E-state index contributed by atoms with van der Waals surface area (Å²) < 4.78 is 5.14. The first-order chi connectivity index (χ1) is 8.60. The van der Waals surface area contributed by atoms with E-state index in [1.54, 1.807) is 19.1 Å². The van der Waals surface area contributed by atoms with Crippen LogP contribution in [-0.4, -0.2) is 0 Å². The summed E-state index contributed by atoms with van der Waals surface area (Å²) in [5.41, 5.74) is 1.92. The maximum absolute atomic E-state index is 11.6. The van der Waals surface area contributed by atoms with Crippen LogP contribution in [-0.2, 0) is 6.42 Å². The summed E-state index contributed by atoms with van der Waals surface area (Å²) in [4.78, 5) is 11.6. The lowest BCUT2D eigenvalue weighted by Gasteiger charge is -2.09. The monoisotopic (exact) mass is 263 g/mol. The number of hydrogen-bond donors (Lipinski definition) is 1. The van der Waals surface area contributed by atoms with E-state index in [9.17, 15) is 4.79 Å². The van der Waals surface area contributed by atoms with Crippen molar-refractivity contribution in [2.24, 2.45) is 0 Å². The summed E-state index contributed by atoms with van der Waals surface area (Å²) in [6.45, 7) is 3.68. The maximum atomic E-state index is 11.6. The van der Waals surface area contributed by atoms with Gasteiger partial charge in [0, 0.05) is 23.2 Å². The molecule has 1 heterocycles. The van der Waals surface area contributed by atoms with Gasteiger partial charge in [-0.05, 0) is 31.2 Å². The average Bonchev–Trinajstić information content (AvgIpc) is 2.37. The second-order valence-electron chi connectivity index (χ2n) is 4.02. The van der Waals surface area contributed by atoms with Gasteiger partial charge in [0.05, 0.1) is 11.3 Å². The molecule has 0 atom stereocenters. The number of nitrogens with one attached hydrogen (secondary N) is 1. The molecule has 4 heteroatoms. The Morgan fingerprint density at radius 1 is 1.28 bits per heavy atom. The lowest BCUT2D eigenvalue weighted by Crippen LogP contribution is -2.08. The lowest BCUT2D eigenvalue weighted by atomic mass is 10.2. The predicted octanol–water partition coefficient (Wildman–Crippen LogP) is 3.91. The van der Waals surface area contributed by atoms with Gasteiger partial charge >= 0.3 is 5.63 Å². The van der Waals surface area contributed by atoms with Crippen LogP contribution in [0.25, 0.3) is 0 Å². The molecule has 0 aliphatic carbocycles. The van der Waals surface area contributed by atoms with Crippen molar-refractivity contribution in [1.29, 1.82) is 0 Å². The van der Waals surface area contributed by atoms with E-state index in [2.05, 4.69) is 5.32 Å². The minimum atomic E-state index is -0.300. The van der Waals surface area contributed by atoms with Crippen LogP contribution in [0.4, 0.5) is 11.4 Å². The highest BCUT2D eigenvalue weighted by Crippen LogP contribution is 2.21. The number of anilines is 2. The van der Waals surface area contributed by atoms with E-state index in [0.717, 1.165) is 11.4 Å². The lowest BCUT2D eigenvalue weighted by molar-refractivity contribution is 0.461. The van der Waals surface area contributed by atoms with Gasteiger partial charge in [-0.3, -0.25) is 0 Å². The molecule has 2 rings (SSSR count). The molecule has 3 nitrogen and oxygen atoms in total. The molecular formula is C14H14ClNO2. The fourth-order valence-corrected chi connectivity index (χ4v) is 1.72. The molecule has 94 valence electrons. The Balaban J connectivity index is 2.36. The topological polar surface area (TPSA) is 42.2 Å². The Morgan fingerprint density at radius 3 is 2.56 bits per heavy atom. The van der Waals surface area contributed by atoms with Gasteiger partial charge < -0.3 is 9.73 Å². The smallest absolute Gasteiger partial charge is 0.340 e. The molecule has 0 fully saturated rings. The first-order valence-corrected chi connectivity index (χ1v) is 6.14. The molecule has 0 aliphatic rings. The van der Waals surface area contributed by atoms with Gasteiger partial charge in [0.1, 0.15) is 5.76 Å². The molecule has 0 saturated carbocycles. The van der Waals surface area contributed by atoms with Crippen LogP contribution in [0.1, 0.15) is 18.2 Å². The Labute approximate surface area is 110 Å². The molecule has 0 saturated heterocycles. The number of hydrogen-bond acceptors (Lipinski definition) is 3. The van der Waals surface area contributed by atoms with Gasteiger partial charge in [-0.1, -0.05) is 18.5 Å². The molecule has 0 radical (unpaired) electrons. The van der Waals surface area contributed by atoms with Gasteiger partial charge in [-0.2, -0.15) is 0 Å². The van der Waals surface area contributed by atoms with Crippen molar-refractivity contribution in [2.45, 2.75) is 20.3 Å². The number of aryl methyl sites for hydroxylation is 1. The van der Waals surface area contributed by atoms with Crippen LogP contribution in [0.2, 0.25) is 5.02 Å². The number of benzene rings is 1. The van der Waals surface area contributed by atoms with E-state index >= 15 is 0 Å². The van der Waals surface area contributed by atoms with Crippen LogP contribution in [0.3, 0.4) is 0 Å². The van der Waals surface area contributed by atoms with Gasteiger partial charge in [-0.15, -0.1) is 0 Å². The van der Waals surface area contributed by atoms with Crippen LogP contribution in [0, 0.1) is 6.92 Å². The summed E-state index contributed by atoms with van der Waals surface area (Å²) in [6, 6.07) is 9.17. The summed E-state index contributed by atoms with van der Waals surface area (Å²) in [6.07, 6.45) is 0.685. The van der Waals surface area contributed by atoms with Crippen LogP contribution >= 0.6 is 11.6 Å². The molecule has 1 aromatic heterocycles. The average molecular weight is 264 g/mol. The van der Waals surface area contributed by atoms with E-state index in [4.69, 9.17) is 16.0 Å².